The molecule has 2 aromatic rings. The molecule has 0 unspecified atom stereocenters. The molecule has 25 heavy (non-hydrogen) atoms. The van der Waals surface area contributed by atoms with Crippen molar-refractivity contribution in [3.05, 3.63) is 58.4 Å². The molecule has 1 heterocycles. The number of hydrogen-bond donors (Lipinski definition) is 1. The highest BCUT2D eigenvalue weighted by molar-refractivity contribution is 6.33. The molecule has 0 aliphatic heterocycles. The first-order valence-electron chi connectivity index (χ1n) is 7.56. The molecule has 0 bridgehead atoms. The fourth-order valence-electron chi connectivity index (χ4n) is 2.13. The lowest BCUT2D eigenvalue weighted by atomic mass is 10.2. The molecule has 1 aromatic carbocycles. The van der Waals surface area contributed by atoms with Crippen LogP contribution in [-0.4, -0.2) is 38.4 Å². The Morgan fingerprint density at radius 2 is 1.92 bits per heavy atom. The summed E-state index contributed by atoms with van der Waals surface area (Å²) in [5, 5.41) is 9.14. The Bertz CT molecular complexity index is 781. The number of carbonyl (C=O) groups is 2. The molecule has 0 aliphatic carbocycles. The highest BCUT2D eigenvalue weighted by atomic mass is 35.5. The van der Waals surface area contributed by atoms with Crippen LogP contribution in [0.3, 0.4) is 0 Å². The van der Waals surface area contributed by atoms with Crippen LogP contribution in [-0.2, 0) is 11.3 Å². The summed E-state index contributed by atoms with van der Waals surface area (Å²) in [6.07, 6.45) is 1.33. The Balaban J connectivity index is 2.33. The predicted molar refractivity (Wildman–Crippen MR) is 89.9 cm³/mol. The molecule has 0 aliphatic rings. The van der Waals surface area contributed by atoms with E-state index in [1.54, 1.807) is 0 Å². The summed E-state index contributed by atoms with van der Waals surface area (Å²) >= 11 is 6.03. The Labute approximate surface area is 149 Å². The topological polar surface area (TPSA) is 83.4 Å². The van der Waals surface area contributed by atoms with Gasteiger partial charge in [0.1, 0.15) is 18.2 Å². The second-order valence-electron chi connectivity index (χ2n) is 5.76. The van der Waals surface area contributed by atoms with Gasteiger partial charge < -0.3 is 10.0 Å². The summed E-state index contributed by atoms with van der Waals surface area (Å²) in [7, 11) is 0. The second-order valence-corrected chi connectivity index (χ2v) is 6.17. The number of aliphatic carboxylic acids is 1. The Hall–Kier alpha value is -2.54. The molecule has 8 heteroatoms. The fourth-order valence-corrected chi connectivity index (χ4v) is 2.30. The van der Waals surface area contributed by atoms with E-state index in [9.17, 15) is 14.0 Å². The summed E-state index contributed by atoms with van der Waals surface area (Å²) in [6, 6.07) is 5.46. The van der Waals surface area contributed by atoms with Crippen molar-refractivity contribution in [2.45, 2.75) is 26.3 Å². The lowest BCUT2D eigenvalue weighted by molar-refractivity contribution is -0.137. The van der Waals surface area contributed by atoms with Crippen LogP contribution in [0.5, 0.6) is 0 Å². The second kappa shape index (κ2) is 8.02. The molecular formula is C17H17ClFN3O3. The molecule has 132 valence electrons. The van der Waals surface area contributed by atoms with Gasteiger partial charge in [0.2, 0.25) is 0 Å². The number of hydrogen-bond acceptors (Lipinski definition) is 4. The van der Waals surface area contributed by atoms with Gasteiger partial charge in [0, 0.05) is 12.5 Å². The average Bonchev–Trinajstić information content (AvgIpc) is 2.55. The van der Waals surface area contributed by atoms with Crippen LogP contribution in [0.15, 0.2) is 30.5 Å². The van der Waals surface area contributed by atoms with Gasteiger partial charge in [0.15, 0.2) is 5.69 Å². The van der Waals surface area contributed by atoms with Crippen LogP contribution in [0, 0.1) is 5.82 Å². The Morgan fingerprint density at radius 3 is 2.48 bits per heavy atom. The van der Waals surface area contributed by atoms with Gasteiger partial charge in [-0.15, -0.1) is 0 Å². The first kappa shape index (κ1) is 18.8. The van der Waals surface area contributed by atoms with Crippen LogP contribution in [0.1, 0.15) is 41.6 Å². The Morgan fingerprint density at radius 1 is 1.28 bits per heavy atom. The van der Waals surface area contributed by atoms with Gasteiger partial charge in [0.05, 0.1) is 11.2 Å². The van der Waals surface area contributed by atoms with E-state index >= 15 is 0 Å². The average molecular weight is 366 g/mol. The van der Waals surface area contributed by atoms with E-state index in [-0.39, 0.29) is 23.2 Å². The number of amides is 1. The minimum absolute atomic E-state index is 0.0112. The first-order chi connectivity index (χ1) is 11.8. The van der Waals surface area contributed by atoms with Crippen LogP contribution in [0.4, 0.5) is 4.39 Å². The van der Waals surface area contributed by atoms with Crippen LogP contribution in [0.25, 0.3) is 0 Å². The molecule has 0 atom stereocenters. The molecule has 1 N–H and O–H groups in total. The summed E-state index contributed by atoms with van der Waals surface area (Å²) < 4.78 is 13.0. The third-order valence-corrected chi connectivity index (χ3v) is 3.66. The van der Waals surface area contributed by atoms with E-state index < -0.39 is 24.2 Å². The number of carbonyl (C=O) groups excluding carboxylic acids is 1. The van der Waals surface area contributed by atoms with E-state index in [1.807, 2.05) is 13.8 Å². The van der Waals surface area contributed by atoms with Crippen molar-refractivity contribution in [2.24, 2.45) is 0 Å². The van der Waals surface area contributed by atoms with Gasteiger partial charge in [-0.25, -0.2) is 14.4 Å². The zero-order valence-electron chi connectivity index (χ0n) is 13.7. The maximum Gasteiger partial charge on any atom is 0.323 e. The summed E-state index contributed by atoms with van der Waals surface area (Å²) in [6.45, 7) is 3.19. The number of aromatic nitrogens is 2. The van der Waals surface area contributed by atoms with Crippen molar-refractivity contribution in [3.8, 4) is 0 Å². The van der Waals surface area contributed by atoms with Crippen molar-refractivity contribution in [1.82, 2.24) is 14.9 Å². The van der Waals surface area contributed by atoms with E-state index in [2.05, 4.69) is 9.97 Å². The van der Waals surface area contributed by atoms with Gasteiger partial charge in [-0.1, -0.05) is 37.6 Å². The number of benzene rings is 1. The van der Waals surface area contributed by atoms with Crippen LogP contribution >= 0.6 is 11.6 Å². The molecule has 0 saturated carbocycles. The summed E-state index contributed by atoms with van der Waals surface area (Å²) in [5.41, 5.74) is 0.536. The number of rotatable bonds is 6. The predicted octanol–water partition coefficient (Wildman–Crippen LogP) is 3.12. The minimum atomic E-state index is -1.18. The van der Waals surface area contributed by atoms with Crippen molar-refractivity contribution in [3.63, 3.8) is 0 Å². The fraction of sp³-hybridized carbons (Fsp3) is 0.294. The molecule has 0 radical (unpaired) electrons. The SMILES string of the molecule is CC(C)c1ncc(Cl)c(C(=O)N(CC(=O)O)Cc2ccc(F)cc2)n1. The lowest BCUT2D eigenvalue weighted by Gasteiger charge is -2.21. The van der Waals surface area contributed by atoms with Crippen LogP contribution in [0.2, 0.25) is 5.02 Å². The minimum Gasteiger partial charge on any atom is -0.480 e. The normalized spacial score (nSPS) is 10.8. The summed E-state index contributed by atoms with van der Waals surface area (Å²) in [5.74, 6) is -1.80. The third kappa shape index (κ3) is 4.96. The summed E-state index contributed by atoms with van der Waals surface area (Å²) in [4.78, 5) is 33.2. The number of halogens is 2. The molecule has 0 fully saturated rings. The van der Waals surface area contributed by atoms with E-state index in [0.717, 1.165) is 4.90 Å². The smallest absolute Gasteiger partial charge is 0.323 e. The molecule has 6 nitrogen and oxygen atoms in total. The Kier molecular flexibility index (Phi) is 6.03. The quantitative estimate of drug-likeness (QED) is 0.850. The molecule has 1 aromatic heterocycles. The molecular weight excluding hydrogens is 349 g/mol. The van der Waals surface area contributed by atoms with Gasteiger partial charge in [-0.05, 0) is 17.7 Å². The van der Waals surface area contributed by atoms with Gasteiger partial charge in [-0.2, -0.15) is 0 Å². The first-order valence-corrected chi connectivity index (χ1v) is 7.93. The van der Waals surface area contributed by atoms with Gasteiger partial charge in [-0.3, -0.25) is 9.59 Å². The van der Waals surface area contributed by atoms with Crippen molar-refractivity contribution in [2.75, 3.05) is 6.54 Å². The lowest BCUT2D eigenvalue weighted by Crippen LogP contribution is -2.36. The molecule has 0 saturated heterocycles. The largest absolute Gasteiger partial charge is 0.480 e. The monoisotopic (exact) mass is 365 g/mol. The van der Waals surface area contributed by atoms with Crippen molar-refractivity contribution in [1.29, 1.82) is 0 Å². The van der Waals surface area contributed by atoms with E-state index in [4.69, 9.17) is 16.7 Å². The van der Waals surface area contributed by atoms with Gasteiger partial charge in [0.25, 0.3) is 5.91 Å². The van der Waals surface area contributed by atoms with Crippen molar-refractivity contribution >= 4 is 23.5 Å². The van der Waals surface area contributed by atoms with Gasteiger partial charge >= 0.3 is 5.97 Å². The highest BCUT2D eigenvalue weighted by Crippen LogP contribution is 2.19. The third-order valence-electron chi connectivity index (χ3n) is 3.38. The molecule has 2 rings (SSSR count). The van der Waals surface area contributed by atoms with Crippen LogP contribution < -0.4 is 0 Å². The molecule has 1 amide bonds. The number of nitrogens with zero attached hydrogens (tertiary/aromatic N) is 3. The van der Waals surface area contributed by atoms with E-state index in [1.165, 1.54) is 30.5 Å². The standard InChI is InChI=1S/C17H17ClFN3O3/c1-10(2)16-20-7-13(18)15(21-16)17(25)22(9-14(23)24)8-11-3-5-12(19)6-4-11/h3-7,10H,8-9H2,1-2H3,(H,23,24). The number of carboxylic acids is 1. The zero-order chi connectivity index (χ0) is 18.6. The highest BCUT2D eigenvalue weighted by Gasteiger charge is 2.23. The zero-order valence-corrected chi connectivity index (χ0v) is 14.5. The number of carboxylic acid groups (broad SMARTS) is 1. The van der Waals surface area contributed by atoms with E-state index in [0.29, 0.717) is 11.4 Å². The maximum atomic E-state index is 13.0. The maximum absolute atomic E-state index is 13.0. The molecule has 0 spiro atoms. The van der Waals surface area contributed by atoms with Crippen molar-refractivity contribution < 1.29 is 19.1 Å².